The summed E-state index contributed by atoms with van der Waals surface area (Å²) in [7, 11) is 0. The zero-order chi connectivity index (χ0) is 8.72. The van der Waals surface area contributed by atoms with Crippen LogP contribution in [-0.4, -0.2) is 21.3 Å². The monoisotopic (exact) mass is 166 g/mol. The van der Waals surface area contributed by atoms with Gasteiger partial charge in [0, 0.05) is 5.92 Å². The number of hydrogen-bond donors (Lipinski definition) is 2. The molecule has 1 aliphatic rings. The van der Waals surface area contributed by atoms with Crippen molar-refractivity contribution in [3.8, 4) is 0 Å². The van der Waals surface area contributed by atoms with Gasteiger partial charge in [-0.05, 0) is 12.3 Å². The van der Waals surface area contributed by atoms with Crippen LogP contribution in [0.1, 0.15) is 35.3 Å². The van der Waals surface area contributed by atoms with E-state index in [1.165, 1.54) is 6.20 Å². The summed E-state index contributed by atoms with van der Waals surface area (Å²) in [5.74, 6) is 0.0972. The lowest BCUT2D eigenvalue weighted by Gasteiger charge is -1.94. The van der Waals surface area contributed by atoms with Gasteiger partial charge in [-0.25, -0.2) is 4.79 Å². The first-order chi connectivity index (χ1) is 5.70. The molecule has 2 N–H and O–H groups in total. The Morgan fingerprint density at radius 1 is 1.83 bits per heavy atom. The number of aromatic amines is 1. The molecule has 2 atom stereocenters. The van der Waals surface area contributed by atoms with E-state index in [1.807, 2.05) is 0 Å². The molecule has 12 heavy (non-hydrogen) atoms. The summed E-state index contributed by atoms with van der Waals surface area (Å²) in [6.07, 6.45) is 2.45. The second kappa shape index (κ2) is 2.33. The summed E-state index contributed by atoms with van der Waals surface area (Å²) in [6, 6.07) is 0. The van der Waals surface area contributed by atoms with Gasteiger partial charge in [0.15, 0.2) is 0 Å². The van der Waals surface area contributed by atoms with E-state index in [0.717, 1.165) is 12.1 Å². The van der Waals surface area contributed by atoms with E-state index in [-0.39, 0.29) is 0 Å². The number of nitrogens with zero attached hydrogens (tertiary/aromatic N) is 1. The highest BCUT2D eigenvalue weighted by atomic mass is 16.4. The van der Waals surface area contributed by atoms with Crippen molar-refractivity contribution in [3.05, 3.63) is 17.5 Å². The average molecular weight is 166 g/mol. The lowest BCUT2D eigenvalue weighted by molar-refractivity contribution is 0.0695. The zero-order valence-corrected chi connectivity index (χ0v) is 6.74. The number of carboxylic acid groups (broad SMARTS) is 1. The molecule has 2 rings (SSSR count). The minimum absolute atomic E-state index is 0.323. The zero-order valence-electron chi connectivity index (χ0n) is 6.74. The fourth-order valence-electron chi connectivity index (χ4n) is 1.47. The van der Waals surface area contributed by atoms with Crippen molar-refractivity contribution in [2.75, 3.05) is 0 Å². The predicted octanol–water partition coefficient (Wildman–Crippen LogP) is 1.23. The maximum atomic E-state index is 10.7. The third-order valence-corrected chi connectivity index (χ3v) is 2.38. The Bertz CT molecular complexity index is 319. The number of rotatable bonds is 2. The highest BCUT2D eigenvalue weighted by Gasteiger charge is 2.38. The van der Waals surface area contributed by atoms with Gasteiger partial charge in [0.2, 0.25) is 0 Å². The molecule has 1 aromatic rings. The van der Waals surface area contributed by atoms with Gasteiger partial charge in [-0.3, -0.25) is 5.10 Å². The summed E-state index contributed by atoms with van der Waals surface area (Å²) in [4.78, 5) is 10.7. The van der Waals surface area contributed by atoms with Crippen LogP contribution in [0.5, 0.6) is 0 Å². The molecule has 1 fully saturated rings. The Balaban J connectivity index is 2.31. The molecule has 0 radical (unpaired) electrons. The molecule has 2 unspecified atom stereocenters. The maximum Gasteiger partial charge on any atom is 0.339 e. The van der Waals surface area contributed by atoms with Crippen molar-refractivity contribution >= 4 is 5.97 Å². The van der Waals surface area contributed by atoms with Gasteiger partial charge >= 0.3 is 5.97 Å². The summed E-state index contributed by atoms with van der Waals surface area (Å²) < 4.78 is 0. The predicted molar refractivity (Wildman–Crippen MR) is 42.1 cm³/mol. The lowest BCUT2D eigenvalue weighted by Crippen LogP contribution is -1.98. The lowest BCUT2D eigenvalue weighted by atomic mass is 10.1. The number of aromatic nitrogens is 2. The van der Waals surface area contributed by atoms with Crippen LogP contribution in [0.3, 0.4) is 0 Å². The molecule has 1 saturated carbocycles. The van der Waals surface area contributed by atoms with E-state index < -0.39 is 5.97 Å². The normalized spacial score (nSPS) is 27.1. The molecular weight excluding hydrogens is 156 g/mol. The Labute approximate surface area is 69.6 Å². The molecule has 0 aromatic carbocycles. The third-order valence-electron chi connectivity index (χ3n) is 2.38. The van der Waals surface area contributed by atoms with Crippen molar-refractivity contribution in [1.29, 1.82) is 0 Å². The Hall–Kier alpha value is -1.32. The standard InChI is InChI=1S/C8H10N2O2/c1-4-2-5(4)7-6(8(11)12)3-9-10-7/h3-5H,2H2,1H3,(H,9,10)(H,11,12). The van der Waals surface area contributed by atoms with Crippen LogP contribution in [0.15, 0.2) is 6.20 Å². The van der Waals surface area contributed by atoms with Crippen LogP contribution >= 0.6 is 0 Å². The van der Waals surface area contributed by atoms with Gasteiger partial charge in [0.1, 0.15) is 5.56 Å². The van der Waals surface area contributed by atoms with Gasteiger partial charge in [-0.1, -0.05) is 6.92 Å². The van der Waals surface area contributed by atoms with Gasteiger partial charge < -0.3 is 5.11 Å². The minimum Gasteiger partial charge on any atom is -0.478 e. The molecular formula is C8H10N2O2. The Morgan fingerprint density at radius 2 is 2.50 bits per heavy atom. The van der Waals surface area contributed by atoms with Crippen LogP contribution in [0.25, 0.3) is 0 Å². The van der Waals surface area contributed by atoms with Crippen LogP contribution in [0, 0.1) is 5.92 Å². The third kappa shape index (κ3) is 0.995. The van der Waals surface area contributed by atoms with Gasteiger partial charge in [-0.2, -0.15) is 5.10 Å². The van der Waals surface area contributed by atoms with Crippen molar-refractivity contribution in [1.82, 2.24) is 10.2 Å². The smallest absolute Gasteiger partial charge is 0.339 e. The summed E-state index contributed by atoms with van der Waals surface area (Å²) >= 11 is 0. The summed E-state index contributed by atoms with van der Waals surface area (Å²) in [5, 5.41) is 15.2. The molecule has 0 bridgehead atoms. The number of nitrogens with one attached hydrogen (secondary N) is 1. The molecule has 4 heteroatoms. The molecule has 1 heterocycles. The topological polar surface area (TPSA) is 66.0 Å². The number of aromatic carboxylic acids is 1. The van der Waals surface area contributed by atoms with E-state index in [1.54, 1.807) is 0 Å². The largest absolute Gasteiger partial charge is 0.478 e. The van der Waals surface area contributed by atoms with E-state index in [4.69, 9.17) is 5.11 Å². The first kappa shape index (κ1) is 7.34. The van der Waals surface area contributed by atoms with Crippen LogP contribution in [0.2, 0.25) is 0 Å². The average Bonchev–Trinajstić information content (AvgIpc) is 2.58. The van der Waals surface area contributed by atoms with E-state index in [2.05, 4.69) is 17.1 Å². The second-order valence-corrected chi connectivity index (χ2v) is 3.32. The van der Waals surface area contributed by atoms with Crippen molar-refractivity contribution < 1.29 is 9.90 Å². The minimum atomic E-state index is -0.891. The maximum absolute atomic E-state index is 10.7. The fraction of sp³-hybridized carbons (Fsp3) is 0.500. The van der Waals surface area contributed by atoms with Crippen LogP contribution in [0.4, 0.5) is 0 Å². The fourth-order valence-corrected chi connectivity index (χ4v) is 1.47. The first-order valence-electron chi connectivity index (χ1n) is 3.96. The highest BCUT2D eigenvalue weighted by Crippen LogP contribution is 2.46. The van der Waals surface area contributed by atoms with E-state index >= 15 is 0 Å². The van der Waals surface area contributed by atoms with Crippen LogP contribution < -0.4 is 0 Å². The number of carboxylic acids is 1. The van der Waals surface area contributed by atoms with Gasteiger partial charge in [0.25, 0.3) is 0 Å². The molecule has 0 aliphatic heterocycles. The SMILES string of the molecule is CC1CC1c1[nH]ncc1C(=O)O. The first-order valence-corrected chi connectivity index (χ1v) is 3.96. The number of carbonyl (C=O) groups is 1. The van der Waals surface area contributed by atoms with Crippen LogP contribution in [-0.2, 0) is 0 Å². The van der Waals surface area contributed by atoms with Crippen molar-refractivity contribution in [3.63, 3.8) is 0 Å². The second-order valence-electron chi connectivity index (χ2n) is 3.32. The van der Waals surface area contributed by atoms with Crippen molar-refractivity contribution in [2.45, 2.75) is 19.3 Å². The number of hydrogen-bond acceptors (Lipinski definition) is 2. The molecule has 64 valence electrons. The van der Waals surface area contributed by atoms with Gasteiger partial charge in [-0.15, -0.1) is 0 Å². The molecule has 0 saturated heterocycles. The Kier molecular flexibility index (Phi) is 1.43. The highest BCUT2D eigenvalue weighted by molar-refractivity contribution is 5.88. The van der Waals surface area contributed by atoms with E-state index in [9.17, 15) is 4.79 Å². The van der Waals surface area contributed by atoms with E-state index in [0.29, 0.717) is 17.4 Å². The molecule has 1 aromatic heterocycles. The summed E-state index contributed by atoms with van der Waals surface area (Å²) in [6.45, 7) is 2.11. The molecule has 1 aliphatic carbocycles. The molecule has 0 amide bonds. The Morgan fingerprint density at radius 3 is 3.00 bits per heavy atom. The quantitative estimate of drug-likeness (QED) is 0.694. The number of H-pyrrole nitrogens is 1. The van der Waals surface area contributed by atoms with Crippen molar-refractivity contribution in [2.24, 2.45) is 5.92 Å². The summed E-state index contributed by atoms with van der Waals surface area (Å²) in [5.41, 5.74) is 1.11. The molecule has 0 spiro atoms. The molecule has 4 nitrogen and oxygen atoms in total. The van der Waals surface area contributed by atoms with Gasteiger partial charge in [0.05, 0.1) is 11.9 Å².